The highest BCUT2D eigenvalue weighted by molar-refractivity contribution is 6.13. The fraction of sp³-hybridized carbons (Fsp3) is 0.385. The zero-order chi connectivity index (χ0) is 10.4. The van der Waals surface area contributed by atoms with Crippen molar-refractivity contribution in [1.82, 2.24) is 0 Å². The predicted molar refractivity (Wildman–Crippen MR) is 55.7 cm³/mol. The molecule has 0 amide bonds. The Morgan fingerprint density at radius 3 is 2.80 bits per heavy atom. The van der Waals surface area contributed by atoms with Gasteiger partial charge in [0.2, 0.25) is 0 Å². The van der Waals surface area contributed by atoms with E-state index < -0.39 is 0 Å². The summed E-state index contributed by atoms with van der Waals surface area (Å²) in [6, 6.07) is 7.69. The standard InChI is InChI=1S/C13H12O2/c14-11-6-5-9-7-8-3-1-2-4-10(8)13(15)12(9)11/h1-4,9,12H,5-7H2. The van der Waals surface area contributed by atoms with E-state index in [1.54, 1.807) is 0 Å². The van der Waals surface area contributed by atoms with Crippen molar-refractivity contribution in [2.24, 2.45) is 11.8 Å². The Balaban J connectivity index is 2.11. The third-order valence-electron chi connectivity index (χ3n) is 3.63. The number of carbonyl (C=O) groups excluding carboxylic acids is 2. The van der Waals surface area contributed by atoms with E-state index >= 15 is 0 Å². The molecule has 2 nitrogen and oxygen atoms in total. The van der Waals surface area contributed by atoms with Crippen LogP contribution in [0.3, 0.4) is 0 Å². The minimum Gasteiger partial charge on any atom is -0.299 e. The van der Waals surface area contributed by atoms with E-state index in [4.69, 9.17) is 0 Å². The van der Waals surface area contributed by atoms with Crippen molar-refractivity contribution >= 4 is 11.6 Å². The van der Waals surface area contributed by atoms with Crippen molar-refractivity contribution in [3.05, 3.63) is 35.4 Å². The number of ketones is 2. The molecule has 2 unspecified atom stereocenters. The summed E-state index contributed by atoms with van der Waals surface area (Å²) in [6.07, 6.45) is 2.39. The first-order valence-electron chi connectivity index (χ1n) is 5.42. The average Bonchev–Trinajstić information content (AvgIpc) is 2.61. The highest BCUT2D eigenvalue weighted by Gasteiger charge is 2.43. The van der Waals surface area contributed by atoms with E-state index in [1.165, 1.54) is 0 Å². The molecule has 0 bridgehead atoms. The summed E-state index contributed by atoms with van der Waals surface area (Å²) >= 11 is 0. The van der Waals surface area contributed by atoms with Crippen molar-refractivity contribution in [1.29, 1.82) is 0 Å². The number of fused-ring (bicyclic) bond motifs is 2. The second kappa shape index (κ2) is 3.02. The van der Waals surface area contributed by atoms with Crippen LogP contribution in [0.1, 0.15) is 28.8 Å². The van der Waals surface area contributed by atoms with Gasteiger partial charge < -0.3 is 0 Å². The minimum atomic E-state index is -0.320. The Bertz CT molecular complexity index is 448. The Hall–Kier alpha value is -1.44. The highest BCUT2D eigenvalue weighted by Crippen LogP contribution is 2.38. The maximum atomic E-state index is 12.1. The van der Waals surface area contributed by atoms with Gasteiger partial charge in [-0.3, -0.25) is 9.59 Å². The Morgan fingerprint density at radius 2 is 1.93 bits per heavy atom. The molecule has 3 rings (SSSR count). The van der Waals surface area contributed by atoms with Crippen molar-refractivity contribution in [3.8, 4) is 0 Å². The topological polar surface area (TPSA) is 34.1 Å². The second-order valence-corrected chi connectivity index (χ2v) is 4.47. The molecule has 0 saturated heterocycles. The molecule has 1 aromatic carbocycles. The normalized spacial score (nSPS) is 28.8. The number of Topliss-reactive ketones (excluding diaryl/α,β-unsaturated/α-hetero) is 2. The molecule has 2 aliphatic carbocycles. The van der Waals surface area contributed by atoms with Crippen LogP contribution in [0, 0.1) is 11.8 Å². The first kappa shape index (κ1) is 8.84. The van der Waals surface area contributed by atoms with E-state index in [0.717, 1.165) is 24.0 Å². The van der Waals surface area contributed by atoms with Crippen LogP contribution in [0.4, 0.5) is 0 Å². The van der Waals surface area contributed by atoms with Gasteiger partial charge in [-0.2, -0.15) is 0 Å². The molecule has 1 saturated carbocycles. The summed E-state index contributed by atoms with van der Waals surface area (Å²) in [7, 11) is 0. The molecule has 76 valence electrons. The first-order chi connectivity index (χ1) is 7.27. The number of rotatable bonds is 0. The van der Waals surface area contributed by atoms with E-state index in [9.17, 15) is 9.59 Å². The largest absolute Gasteiger partial charge is 0.299 e. The van der Waals surface area contributed by atoms with E-state index in [2.05, 4.69) is 0 Å². The molecule has 15 heavy (non-hydrogen) atoms. The fourth-order valence-corrected chi connectivity index (χ4v) is 2.88. The van der Waals surface area contributed by atoms with E-state index in [-0.39, 0.29) is 23.4 Å². The summed E-state index contributed by atoms with van der Waals surface area (Å²) < 4.78 is 0. The van der Waals surface area contributed by atoms with Gasteiger partial charge in [-0.15, -0.1) is 0 Å². The van der Waals surface area contributed by atoms with Gasteiger partial charge in [-0.25, -0.2) is 0 Å². The average molecular weight is 200 g/mol. The van der Waals surface area contributed by atoms with Gasteiger partial charge in [-0.05, 0) is 24.3 Å². The van der Waals surface area contributed by atoms with Crippen LogP contribution in [0.25, 0.3) is 0 Å². The monoisotopic (exact) mass is 200 g/mol. The molecule has 0 heterocycles. The maximum Gasteiger partial charge on any atom is 0.173 e. The highest BCUT2D eigenvalue weighted by atomic mass is 16.2. The predicted octanol–water partition coefficient (Wildman–Crippen LogP) is 2.02. The van der Waals surface area contributed by atoms with Gasteiger partial charge in [0.25, 0.3) is 0 Å². The molecule has 2 heteroatoms. The lowest BCUT2D eigenvalue weighted by atomic mass is 9.76. The van der Waals surface area contributed by atoms with Gasteiger partial charge in [0.05, 0.1) is 5.92 Å². The van der Waals surface area contributed by atoms with Crippen molar-refractivity contribution < 1.29 is 9.59 Å². The molecule has 2 atom stereocenters. The van der Waals surface area contributed by atoms with Gasteiger partial charge >= 0.3 is 0 Å². The van der Waals surface area contributed by atoms with Gasteiger partial charge in [0.15, 0.2) is 5.78 Å². The summed E-state index contributed by atoms with van der Waals surface area (Å²) in [5, 5.41) is 0. The molecule has 0 aliphatic heterocycles. The van der Waals surface area contributed by atoms with Crippen LogP contribution in [0.15, 0.2) is 24.3 Å². The molecule has 0 aromatic heterocycles. The van der Waals surface area contributed by atoms with Gasteiger partial charge in [-0.1, -0.05) is 24.3 Å². The number of hydrogen-bond acceptors (Lipinski definition) is 2. The van der Waals surface area contributed by atoms with Crippen molar-refractivity contribution in [2.75, 3.05) is 0 Å². The third-order valence-corrected chi connectivity index (χ3v) is 3.63. The van der Waals surface area contributed by atoms with Crippen LogP contribution < -0.4 is 0 Å². The zero-order valence-electron chi connectivity index (χ0n) is 8.40. The molecule has 0 N–H and O–H groups in total. The SMILES string of the molecule is O=C1CCC2Cc3ccccc3C(=O)C12. The smallest absolute Gasteiger partial charge is 0.173 e. The molecule has 0 radical (unpaired) electrons. The number of benzene rings is 1. The van der Waals surface area contributed by atoms with Crippen molar-refractivity contribution in [3.63, 3.8) is 0 Å². The second-order valence-electron chi connectivity index (χ2n) is 4.47. The van der Waals surface area contributed by atoms with Gasteiger partial charge in [0.1, 0.15) is 5.78 Å². The van der Waals surface area contributed by atoms with Crippen LogP contribution in [-0.2, 0) is 11.2 Å². The quantitative estimate of drug-likeness (QED) is 0.600. The van der Waals surface area contributed by atoms with Gasteiger partial charge in [0, 0.05) is 12.0 Å². The molecule has 1 aromatic rings. The Kier molecular flexibility index (Phi) is 1.78. The maximum absolute atomic E-state index is 12.1. The number of carbonyl (C=O) groups is 2. The van der Waals surface area contributed by atoms with E-state index in [0.29, 0.717) is 6.42 Å². The Labute approximate surface area is 88.3 Å². The summed E-state index contributed by atoms with van der Waals surface area (Å²) in [5.74, 6) is 0.170. The summed E-state index contributed by atoms with van der Waals surface area (Å²) in [4.78, 5) is 23.7. The van der Waals surface area contributed by atoms with Crippen LogP contribution in [-0.4, -0.2) is 11.6 Å². The lowest BCUT2D eigenvalue weighted by Gasteiger charge is -2.25. The molecular formula is C13H12O2. The van der Waals surface area contributed by atoms with Crippen LogP contribution in [0.2, 0.25) is 0 Å². The third kappa shape index (κ3) is 1.17. The van der Waals surface area contributed by atoms with Crippen molar-refractivity contribution in [2.45, 2.75) is 19.3 Å². The molecule has 2 aliphatic rings. The summed E-state index contributed by atoms with van der Waals surface area (Å²) in [5.41, 5.74) is 1.90. The zero-order valence-corrected chi connectivity index (χ0v) is 8.40. The number of hydrogen-bond donors (Lipinski definition) is 0. The summed E-state index contributed by atoms with van der Waals surface area (Å²) in [6.45, 7) is 0. The van der Waals surface area contributed by atoms with Crippen LogP contribution >= 0.6 is 0 Å². The minimum absolute atomic E-state index is 0.0596. The van der Waals surface area contributed by atoms with E-state index in [1.807, 2.05) is 24.3 Å². The molecule has 0 spiro atoms. The molecular weight excluding hydrogens is 188 g/mol. The molecule has 1 fully saturated rings. The fourth-order valence-electron chi connectivity index (χ4n) is 2.88. The lowest BCUT2D eigenvalue weighted by molar-refractivity contribution is -0.119. The Morgan fingerprint density at radius 1 is 1.13 bits per heavy atom. The first-order valence-corrected chi connectivity index (χ1v) is 5.42. The lowest BCUT2D eigenvalue weighted by Crippen LogP contribution is -2.31. The van der Waals surface area contributed by atoms with Crippen LogP contribution in [0.5, 0.6) is 0 Å².